The standard InChI is InChI=1S/C24H34O6/c1-13-9-18-17-6-5-15-10-16(26)7-8-22(15,3)21(17)19(27)11-23(18,4)24(13,29)20(28)12-30-14(2)25/h7-8,13,15,17-19,21,27,29H,5-6,9-12H2,1-4H3/t13-,15+,17+,18+,19-,21-,22+,23+,24+/m1/s1. The molecule has 0 radical (unpaired) electrons. The van der Waals surface area contributed by atoms with Gasteiger partial charge in [0.05, 0.1) is 6.10 Å². The van der Waals surface area contributed by atoms with Crippen molar-refractivity contribution in [1.82, 2.24) is 0 Å². The molecule has 4 aliphatic rings. The number of aliphatic hydroxyl groups is 2. The molecule has 9 atom stereocenters. The smallest absolute Gasteiger partial charge is 0.303 e. The van der Waals surface area contributed by atoms with Crippen molar-refractivity contribution in [1.29, 1.82) is 0 Å². The van der Waals surface area contributed by atoms with Gasteiger partial charge in [0, 0.05) is 18.8 Å². The quantitative estimate of drug-likeness (QED) is 0.683. The number of hydrogen-bond donors (Lipinski definition) is 2. The van der Waals surface area contributed by atoms with Gasteiger partial charge in [0.1, 0.15) is 5.60 Å². The third-order valence-corrected chi connectivity index (χ3v) is 9.39. The summed E-state index contributed by atoms with van der Waals surface area (Å²) in [7, 11) is 0. The lowest BCUT2D eigenvalue weighted by molar-refractivity contribution is -0.194. The molecule has 4 rings (SSSR count). The molecule has 0 spiro atoms. The van der Waals surface area contributed by atoms with Crippen molar-refractivity contribution in [2.24, 2.45) is 40.4 Å². The predicted molar refractivity (Wildman–Crippen MR) is 109 cm³/mol. The molecule has 0 bridgehead atoms. The molecule has 166 valence electrons. The highest BCUT2D eigenvalue weighted by Gasteiger charge is 2.70. The Hall–Kier alpha value is -1.53. The van der Waals surface area contributed by atoms with Crippen molar-refractivity contribution in [3.8, 4) is 0 Å². The zero-order valence-electron chi connectivity index (χ0n) is 18.4. The van der Waals surface area contributed by atoms with Gasteiger partial charge in [0.25, 0.3) is 0 Å². The van der Waals surface area contributed by atoms with Crippen LogP contribution in [0.25, 0.3) is 0 Å². The van der Waals surface area contributed by atoms with E-state index in [1.54, 1.807) is 6.08 Å². The second-order valence-corrected chi connectivity index (χ2v) is 10.7. The van der Waals surface area contributed by atoms with E-state index in [1.165, 1.54) is 6.92 Å². The second-order valence-electron chi connectivity index (χ2n) is 10.7. The summed E-state index contributed by atoms with van der Waals surface area (Å²) in [6.07, 6.45) is 6.40. The maximum Gasteiger partial charge on any atom is 0.303 e. The molecule has 0 aromatic carbocycles. The first-order valence-electron chi connectivity index (χ1n) is 11.2. The minimum atomic E-state index is -1.63. The normalized spacial score (nSPS) is 49.7. The van der Waals surface area contributed by atoms with E-state index < -0.39 is 35.5 Å². The maximum absolute atomic E-state index is 13.1. The molecule has 0 amide bonds. The number of carbonyl (C=O) groups excluding carboxylic acids is 3. The van der Waals surface area contributed by atoms with E-state index in [-0.39, 0.29) is 40.8 Å². The molecule has 2 N–H and O–H groups in total. The van der Waals surface area contributed by atoms with E-state index in [0.717, 1.165) is 12.8 Å². The van der Waals surface area contributed by atoms with Crippen LogP contribution in [-0.2, 0) is 19.1 Å². The Morgan fingerprint density at radius 3 is 2.63 bits per heavy atom. The van der Waals surface area contributed by atoms with Crippen LogP contribution in [0.5, 0.6) is 0 Å². The van der Waals surface area contributed by atoms with Crippen LogP contribution in [0, 0.1) is 40.4 Å². The molecular formula is C24H34O6. The number of ketones is 2. The van der Waals surface area contributed by atoms with Crippen molar-refractivity contribution in [2.75, 3.05) is 6.61 Å². The Kier molecular flexibility index (Phi) is 5.06. The fraction of sp³-hybridized carbons (Fsp3) is 0.792. The number of rotatable bonds is 3. The van der Waals surface area contributed by atoms with E-state index >= 15 is 0 Å². The van der Waals surface area contributed by atoms with Crippen LogP contribution in [0.15, 0.2) is 12.2 Å². The Morgan fingerprint density at radius 2 is 1.97 bits per heavy atom. The van der Waals surface area contributed by atoms with Crippen LogP contribution in [0.2, 0.25) is 0 Å². The summed E-state index contributed by atoms with van der Waals surface area (Å²) in [5, 5.41) is 23.1. The summed E-state index contributed by atoms with van der Waals surface area (Å²) in [6, 6.07) is 0. The number of fused-ring (bicyclic) bond motifs is 5. The lowest BCUT2D eigenvalue weighted by atomic mass is 9.44. The number of carbonyl (C=O) groups is 3. The van der Waals surface area contributed by atoms with E-state index in [9.17, 15) is 24.6 Å². The van der Waals surface area contributed by atoms with Crippen LogP contribution >= 0.6 is 0 Å². The first-order chi connectivity index (χ1) is 13.9. The van der Waals surface area contributed by atoms with Crippen LogP contribution in [0.3, 0.4) is 0 Å². The fourth-order valence-electron chi connectivity index (χ4n) is 7.96. The van der Waals surface area contributed by atoms with Gasteiger partial charge in [-0.15, -0.1) is 0 Å². The average Bonchev–Trinajstić information content (AvgIpc) is 2.87. The number of allylic oxidation sites excluding steroid dienone is 2. The monoisotopic (exact) mass is 418 g/mol. The lowest BCUT2D eigenvalue weighted by Crippen LogP contribution is -2.63. The van der Waals surface area contributed by atoms with Crippen molar-refractivity contribution >= 4 is 17.5 Å². The van der Waals surface area contributed by atoms with Gasteiger partial charge in [-0.2, -0.15) is 0 Å². The van der Waals surface area contributed by atoms with E-state index in [2.05, 4.69) is 6.92 Å². The molecule has 0 aromatic heterocycles. The zero-order valence-corrected chi connectivity index (χ0v) is 18.4. The van der Waals surface area contributed by atoms with Gasteiger partial charge in [-0.1, -0.05) is 26.8 Å². The van der Waals surface area contributed by atoms with Crippen LogP contribution in [-0.4, -0.2) is 46.1 Å². The molecule has 3 fully saturated rings. The summed E-state index contributed by atoms with van der Waals surface area (Å²) in [6.45, 7) is 6.80. The first-order valence-corrected chi connectivity index (χ1v) is 11.2. The zero-order chi connectivity index (χ0) is 22.1. The summed E-state index contributed by atoms with van der Waals surface area (Å²) < 4.78 is 4.93. The lowest BCUT2D eigenvalue weighted by Gasteiger charge is -2.61. The summed E-state index contributed by atoms with van der Waals surface area (Å²) in [4.78, 5) is 36.3. The van der Waals surface area contributed by atoms with Gasteiger partial charge < -0.3 is 14.9 Å². The molecule has 6 nitrogen and oxygen atoms in total. The van der Waals surface area contributed by atoms with Gasteiger partial charge in [-0.25, -0.2) is 0 Å². The topological polar surface area (TPSA) is 101 Å². The molecule has 0 aliphatic heterocycles. The second kappa shape index (κ2) is 6.99. The third-order valence-electron chi connectivity index (χ3n) is 9.39. The minimum Gasteiger partial charge on any atom is -0.458 e. The van der Waals surface area contributed by atoms with Gasteiger partial charge in [-0.3, -0.25) is 14.4 Å². The van der Waals surface area contributed by atoms with E-state index in [0.29, 0.717) is 19.3 Å². The molecule has 3 saturated carbocycles. The van der Waals surface area contributed by atoms with Gasteiger partial charge >= 0.3 is 5.97 Å². The Labute approximate surface area is 178 Å². The number of ether oxygens (including phenoxy) is 1. The van der Waals surface area contributed by atoms with Crippen molar-refractivity contribution in [2.45, 2.75) is 71.5 Å². The summed E-state index contributed by atoms with van der Waals surface area (Å²) in [5.41, 5.74) is -2.65. The van der Waals surface area contributed by atoms with Crippen LogP contribution in [0.4, 0.5) is 0 Å². The van der Waals surface area contributed by atoms with Gasteiger partial charge in [-0.05, 0) is 66.8 Å². The van der Waals surface area contributed by atoms with Crippen molar-refractivity contribution < 1.29 is 29.3 Å². The molecule has 30 heavy (non-hydrogen) atoms. The van der Waals surface area contributed by atoms with Gasteiger partial charge in [0.2, 0.25) is 5.78 Å². The minimum absolute atomic E-state index is 0.0109. The first kappa shape index (κ1) is 21.7. The highest BCUT2D eigenvalue weighted by atomic mass is 16.5. The third kappa shape index (κ3) is 2.79. The molecule has 0 unspecified atom stereocenters. The largest absolute Gasteiger partial charge is 0.458 e. The van der Waals surface area contributed by atoms with E-state index in [1.807, 2.05) is 19.9 Å². The number of Topliss-reactive ketones (excluding diaryl/α,β-unsaturated/α-hetero) is 1. The SMILES string of the molecule is CC(=O)OCC(=O)[C@@]1(O)[C@H](C)C[C@H]2[C@@H]3CC[C@H]4CC(=O)C=C[C@]4(C)[C@H]3[C@H](O)C[C@@]21C. The molecule has 4 aliphatic carbocycles. The maximum atomic E-state index is 13.1. The number of aliphatic hydroxyl groups excluding tert-OH is 1. The summed E-state index contributed by atoms with van der Waals surface area (Å²) in [5.74, 6) is -0.625. The van der Waals surface area contributed by atoms with Crippen LogP contribution in [0.1, 0.15) is 59.8 Å². The average molecular weight is 419 g/mol. The highest BCUT2D eigenvalue weighted by molar-refractivity contribution is 5.92. The Bertz CT molecular complexity index is 804. The fourth-order valence-corrected chi connectivity index (χ4v) is 7.96. The molecule has 0 saturated heterocycles. The van der Waals surface area contributed by atoms with Crippen LogP contribution < -0.4 is 0 Å². The predicted octanol–water partition coefficient (Wildman–Crippen LogP) is 2.45. The van der Waals surface area contributed by atoms with Gasteiger partial charge in [0.15, 0.2) is 12.4 Å². The molecule has 0 aromatic rings. The number of esters is 1. The van der Waals surface area contributed by atoms with Crippen molar-refractivity contribution in [3.05, 3.63) is 12.2 Å². The Morgan fingerprint density at radius 1 is 1.27 bits per heavy atom. The number of hydrogen-bond acceptors (Lipinski definition) is 6. The summed E-state index contributed by atoms with van der Waals surface area (Å²) >= 11 is 0. The Balaban J connectivity index is 1.69. The molecule has 6 heteroatoms. The molecule has 0 heterocycles. The molecular weight excluding hydrogens is 384 g/mol. The highest BCUT2D eigenvalue weighted by Crippen LogP contribution is 2.68. The van der Waals surface area contributed by atoms with Crippen molar-refractivity contribution in [3.63, 3.8) is 0 Å². The van der Waals surface area contributed by atoms with E-state index in [4.69, 9.17) is 4.74 Å².